The molecule has 0 unspecified atom stereocenters. The van der Waals surface area contributed by atoms with Crippen LogP contribution in [0.5, 0.6) is 17.2 Å². The molecule has 2 aromatic carbocycles. The predicted molar refractivity (Wildman–Crippen MR) is 111 cm³/mol. The number of methoxy groups -OCH3 is 1. The second kappa shape index (κ2) is 6.49. The maximum atomic E-state index is 13.3. The second-order valence-corrected chi connectivity index (χ2v) is 7.54. The third-order valence-corrected chi connectivity index (χ3v) is 5.36. The molecule has 6 heteroatoms. The Bertz CT molecular complexity index is 1280. The lowest BCUT2D eigenvalue weighted by Gasteiger charge is -2.24. The number of aromatic nitrogens is 2. The van der Waals surface area contributed by atoms with Gasteiger partial charge in [-0.1, -0.05) is 22.0 Å². The number of benzene rings is 2. The molecule has 0 aliphatic carbocycles. The highest BCUT2D eigenvalue weighted by atomic mass is 79.9. The molecule has 2 aromatic heterocycles. The zero-order valence-electron chi connectivity index (χ0n) is 15.0. The Morgan fingerprint density at radius 1 is 1.18 bits per heavy atom. The highest BCUT2D eigenvalue weighted by Gasteiger charge is 2.23. The summed E-state index contributed by atoms with van der Waals surface area (Å²) in [6.45, 7) is 0. The minimum Gasteiger partial charge on any atom is -0.497 e. The number of hydrogen-bond donors (Lipinski definition) is 0. The molecule has 0 saturated carbocycles. The van der Waals surface area contributed by atoms with Crippen LogP contribution in [0.25, 0.3) is 16.6 Å². The van der Waals surface area contributed by atoms with Gasteiger partial charge < -0.3 is 14.0 Å². The van der Waals surface area contributed by atoms with Crippen LogP contribution in [-0.4, -0.2) is 16.7 Å². The van der Waals surface area contributed by atoms with E-state index in [1.807, 2.05) is 47.2 Å². The van der Waals surface area contributed by atoms with E-state index in [0.29, 0.717) is 28.9 Å². The molecular formula is C22H15BrN2O3. The van der Waals surface area contributed by atoms with Crippen LogP contribution in [-0.2, 0) is 6.42 Å². The fraction of sp³-hybridized carbons (Fsp3) is 0.0909. The lowest BCUT2D eigenvalue weighted by Crippen LogP contribution is -2.17. The van der Waals surface area contributed by atoms with Gasteiger partial charge in [0.15, 0.2) is 16.9 Å². The predicted octanol–water partition coefficient (Wildman–Crippen LogP) is 4.85. The van der Waals surface area contributed by atoms with E-state index < -0.39 is 0 Å². The molecule has 0 atom stereocenters. The van der Waals surface area contributed by atoms with Gasteiger partial charge in [-0.15, -0.1) is 0 Å². The topological polar surface area (TPSA) is 53.3 Å². The van der Waals surface area contributed by atoms with Crippen LogP contribution in [0.2, 0.25) is 0 Å². The summed E-state index contributed by atoms with van der Waals surface area (Å²) in [6, 6.07) is 13.3. The van der Waals surface area contributed by atoms with Gasteiger partial charge in [0.1, 0.15) is 11.3 Å². The Kier molecular flexibility index (Phi) is 3.94. The Balaban J connectivity index is 1.83. The lowest BCUT2D eigenvalue weighted by molar-refractivity contribution is 0.409. The number of nitrogens with zero attached hydrogens (tertiary/aromatic N) is 2. The summed E-state index contributed by atoms with van der Waals surface area (Å²) in [4.78, 5) is 17.4. The summed E-state index contributed by atoms with van der Waals surface area (Å²) in [5.41, 5.74) is 3.26. The number of halogens is 1. The number of fused-ring (bicyclic) bond motifs is 2. The quantitative estimate of drug-likeness (QED) is 0.407. The summed E-state index contributed by atoms with van der Waals surface area (Å²) in [5.74, 6) is 1.92. The van der Waals surface area contributed by atoms with E-state index in [-0.39, 0.29) is 5.43 Å². The minimum atomic E-state index is -0.0303. The van der Waals surface area contributed by atoms with Crippen LogP contribution >= 0.6 is 15.9 Å². The smallest absolute Gasteiger partial charge is 0.193 e. The normalized spacial score (nSPS) is 11.8. The summed E-state index contributed by atoms with van der Waals surface area (Å²) in [6.07, 6.45) is 5.91. The zero-order valence-corrected chi connectivity index (χ0v) is 16.6. The SMILES string of the molecule is COc1cc2c3c(c1)c(=O)c(Cc1cccnc1)cn3-c1cc(Br)ccc1O2. The van der Waals surface area contributed by atoms with Crippen molar-refractivity contribution in [1.29, 1.82) is 0 Å². The van der Waals surface area contributed by atoms with Gasteiger partial charge in [0.05, 0.1) is 18.2 Å². The molecule has 0 spiro atoms. The Morgan fingerprint density at radius 2 is 2.07 bits per heavy atom. The third kappa shape index (κ3) is 2.68. The minimum absolute atomic E-state index is 0.0303. The number of pyridine rings is 2. The van der Waals surface area contributed by atoms with Gasteiger partial charge in [-0.25, -0.2) is 0 Å². The standard InChI is InChI=1S/C22H15BrN2O3/c1-27-16-9-17-21-20(10-16)28-19-5-4-15(23)8-18(19)25(21)12-14(22(17)26)7-13-3-2-6-24-11-13/h2-6,8-12H,7H2,1H3. The first-order chi connectivity index (χ1) is 13.6. The molecule has 0 radical (unpaired) electrons. The molecule has 0 amide bonds. The molecule has 0 saturated heterocycles. The Labute approximate surface area is 169 Å². The molecular weight excluding hydrogens is 420 g/mol. The Hall–Kier alpha value is -3.12. The Morgan fingerprint density at radius 3 is 2.86 bits per heavy atom. The highest BCUT2D eigenvalue weighted by Crippen LogP contribution is 2.42. The molecule has 28 heavy (non-hydrogen) atoms. The summed E-state index contributed by atoms with van der Waals surface area (Å²) in [7, 11) is 1.58. The van der Waals surface area contributed by atoms with Crippen molar-refractivity contribution in [3.8, 4) is 22.9 Å². The molecule has 5 nitrogen and oxygen atoms in total. The third-order valence-electron chi connectivity index (χ3n) is 4.86. The maximum Gasteiger partial charge on any atom is 0.193 e. The van der Waals surface area contributed by atoms with E-state index in [1.54, 1.807) is 25.6 Å². The molecule has 3 heterocycles. The van der Waals surface area contributed by atoms with Crippen molar-refractivity contribution in [2.75, 3.05) is 7.11 Å². The molecule has 0 N–H and O–H groups in total. The van der Waals surface area contributed by atoms with Crippen LogP contribution in [0.3, 0.4) is 0 Å². The van der Waals surface area contributed by atoms with Gasteiger partial charge >= 0.3 is 0 Å². The average Bonchev–Trinajstić information content (AvgIpc) is 2.72. The van der Waals surface area contributed by atoms with E-state index >= 15 is 0 Å². The first-order valence-electron chi connectivity index (χ1n) is 8.77. The van der Waals surface area contributed by atoms with Crippen molar-refractivity contribution in [1.82, 2.24) is 9.55 Å². The summed E-state index contributed by atoms with van der Waals surface area (Å²) < 4.78 is 14.5. The van der Waals surface area contributed by atoms with E-state index in [1.165, 1.54) is 0 Å². The van der Waals surface area contributed by atoms with Crippen molar-refractivity contribution in [2.45, 2.75) is 6.42 Å². The van der Waals surface area contributed by atoms with Crippen molar-refractivity contribution in [2.24, 2.45) is 0 Å². The molecule has 5 rings (SSSR count). The summed E-state index contributed by atoms with van der Waals surface area (Å²) >= 11 is 3.53. The van der Waals surface area contributed by atoms with Gasteiger partial charge in [-0.3, -0.25) is 9.78 Å². The van der Waals surface area contributed by atoms with Gasteiger partial charge in [-0.05, 0) is 35.9 Å². The maximum absolute atomic E-state index is 13.3. The first-order valence-corrected chi connectivity index (χ1v) is 9.56. The van der Waals surface area contributed by atoms with Gasteiger partial charge in [0.2, 0.25) is 0 Å². The number of rotatable bonds is 3. The number of ether oxygens (including phenoxy) is 2. The van der Waals surface area contributed by atoms with Crippen LogP contribution in [0.1, 0.15) is 11.1 Å². The molecule has 0 fully saturated rings. The number of hydrogen-bond acceptors (Lipinski definition) is 4. The molecule has 1 aliphatic rings. The van der Waals surface area contributed by atoms with Gasteiger partial charge in [0, 0.05) is 41.1 Å². The van der Waals surface area contributed by atoms with Crippen molar-refractivity contribution < 1.29 is 9.47 Å². The molecule has 1 aliphatic heterocycles. The second-order valence-electron chi connectivity index (χ2n) is 6.63. The van der Waals surface area contributed by atoms with E-state index in [9.17, 15) is 4.79 Å². The molecule has 138 valence electrons. The van der Waals surface area contributed by atoms with Gasteiger partial charge in [-0.2, -0.15) is 0 Å². The van der Waals surface area contributed by atoms with Crippen molar-refractivity contribution in [3.05, 3.63) is 86.9 Å². The van der Waals surface area contributed by atoms with Crippen LogP contribution in [0.15, 0.2) is 70.3 Å². The molecule has 4 aromatic rings. The fourth-order valence-electron chi connectivity index (χ4n) is 3.57. The van der Waals surface area contributed by atoms with Gasteiger partial charge in [0.25, 0.3) is 0 Å². The van der Waals surface area contributed by atoms with Crippen molar-refractivity contribution in [3.63, 3.8) is 0 Å². The monoisotopic (exact) mass is 434 g/mol. The largest absolute Gasteiger partial charge is 0.497 e. The van der Waals surface area contributed by atoms with E-state index in [4.69, 9.17) is 9.47 Å². The lowest BCUT2D eigenvalue weighted by atomic mass is 10.0. The fourth-order valence-corrected chi connectivity index (χ4v) is 3.92. The van der Waals surface area contributed by atoms with Crippen LogP contribution < -0.4 is 14.9 Å². The summed E-state index contributed by atoms with van der Waals surface area (Å²) in [5, 5.41) is 0.571. The van der Waals surface area contributed by atoms with E-state index in [2.05, 4.69) is 20.9 Å². The van der Waals surface area contributed by atoms with Crippen LogP contribution in [0, 0.1) is 0 Å². The average molecular weight is 435 g/mol. The highest BCUT2D eigenvalue weighted by molar-refractivity contribution is 9.10. The van der Waals surface area contributed by atoms with Crippen molar-refractivity contribution >= 4 is 26.8 Å². The zero-order chi connectivity index (χ0) is 19.3. The van der Waals surface area contributed by atoms with Crippen LogP contribution in [0.4, 0.5) is 0 Å². The first kappa shape index (κ1) is 17.0. The van der Waals surface area contributed by atoms with E-state index in [0.717, 1.165) is 27.0 Å². The molecule has 0 bridgehead atoms.